The van der Waals surface area contributed by atoms with Crippen LogP contribution in [0.25, 0.3) is 0 Å². The first-order valence-corrected chi connectivity index (χ1v) is 7.50. The van der Waals surface area contributed by atoms with Gasteiger partial charge in [-0.15, -0.1) is 0 Å². The maximum atomic E-state index is 13.1. The molecule has 1 heterocycles. The molecule has 0 radical (unpaired) electrons. The molecule has 130 valence electrons. The Kier molecular flexibility index (Phi) is 4.71. The zero-order chi connectivity index (χ0) is 18.6. The number of hydrogen-bond acceptors (Lipinski definition) is 5. The largest absolute Gasteiger partial charge is 0.418 e. The van der Waals surface area contributed by atoms with Crippen LogP contribution in [-0.4, -0.2) is 9.97 Å². The molecule has 2 N–H and O–H groups in total. The second kappa shape index (κ2) is 7.11. The van der Waals surface area contributed by atoms with Crippen LogP contribution in [0.3, 0.4) is 0 Å². The Morgan fingerprint density at radius 3 is 2.31 bits per heavy atom. The summed E-state index contributed by atoms with van der Waals surface area (Å²) in [5.74, 6) is 0.343. The minimum Gasteiger partial charge on any atom is -0.340 e. The monoisotopic (exact) mass is 355 g/mol. The zero-order valence-electron chi connectivity index (χ0n) is 13.2. The summed E-state index contributed by atoms with van der Waals surface area (Å²) in [6.07, 6.45) is -3.08. The van der Waals surface area contributed by atoms with Crippen LogP contribution in [-0.2, 0) is 6.18 Å². The third-order valence-corrected chi connectivity index (χ3v) is 3.44. The van der Waals surface area contributed by atoms with Gasteiger partial charge in [0.25, 0.3) is 0 Å². The SMILES string of the molecule is N#Cc1ccccc1Nc1nccc(Nc2ccccc2C(F)(F)F)n1. The third kappa shape index (κ3) is 3.89. The van der Waals surface area contributed by atoms with Gasteiger partial charge in [-0.05, 0) is 30.3 Å². The quantitative estimate of drug-likeness (QED) is 0.699. The fourth-order valence-electron chi connectivity index (χ4n) is 2.28. The molecular weight excluding hydrogens is 343 g/mol. The van der Waals surface area contributed by atoms with Crippen LogP contribution in [0.15, 0.2) is 60.8 Å². The Labute approximate surface area is 147 Å². The summed E-state index contributed by atoms with van der Waals surface area (Å²) < 4.78 is 39.3. The molecule has 0 saturated carbocycles. The lowest BCUT2D eigenvalue weighted by atomic mass is 10.1. The molecule has 1 aromatic heterocycles. The number of halogens is 3. The van der Waals surface area contributed by atoms with E-state index in [0.29, 0.717) is 11.3 Å². The first kappa shape index (κ1) is 17.2. The maximum absolute atomic E-state index is 13.1. The first-order chi connectivity index (χ1) is 12.5. The van der Waals surface area contributed by atoms with Crippen molar-refractivity contribution in [2.75, 3.05) is 10.6 Å². The standard InChI is InChI=1S/C18H12F3N5/c19-18(20,21)13-6-2-4-8-15(13)24-16-9-10-23-17(26-16)25-14-7-3-1-5-12(14)11-22/h1-10H,(H2,23,24,25,26). The molecule has 0 amide bonds. The van der Waals surface area contributed by atoms with E-state index in [1.165, 1.54) is 30.5 Å². The zero-order valence-corrected chi connectivity index (χ0v) is 13.2. The van der Waals surface area contributed by atoms with Crippen molar-refractivity contribution in [2.24, 2.45) is 0 Å². The number of benzene rings is 2. The van der Waals surface area contributed by atoms with Crippen LogP contribution in [0.1, 0.15) is 11.1 Å². The van der Waals surface area contributed by atoms with Crippen LogP contribution in [0.4, 0.5) is 36.3 Å². The molecular formula is C18H12F3N5. The van der Waals surface area contributed by atoms with Crippen molar-refractivity contribution >= 4 is 23.1 Å². The van der Waals surface area contributed by atoms with Crippen molar-refractivity contribution in [3.63, 3.8) is 0 Å². The van der Waals surface area contributed by atoms with Crippen LogP contribution in [0.5, 0.6) is 0 Å². The van der Waals surface area contributed by atoms with E-state index in [-0.39, 0.29) is 17.5 Å². The summed E-state index contributed by atoms with van der Waals surface area (Å²) in [5.41, 5.74) is 0.00439. The van der Waals surface area contributed by atoms with E-state index in [1.807, 2.05) is 6.07 Å². The predicted octanol–water partition coefficient (Wildman–Crippen LogP) is 4.85. The molecule has 0 atom stereocenters. The van der Waals surface area contributed by atoms with Crippen molar-refractivity contribution < 1.29 is 13.2 Å². The third-order valence-electron chi connectivity index (χ3n) is 3.44. The fraction of sp³-hybridized carbons (Fsp3) is 0.0556. The lowest BCUT2D eigenvalue weighted by molar-refractivity contribution is -0.136. The van der Waals surface area contributed by atoms with Crippen molar-refractivity contribution in [3.8, 4) is 6.07 Å². The average molecular weight is 355 g/mol. The highest BCUT2D eigenvalue weighted by Crippen LogP contribution is 2.35. The molecule has 5 nitrogen and oxygen atoms in total. The highest BCUT2D eigenvalue weighted by molar-refractivity contribution is 5.65. The topological polar surface area (TPSA) is 73.6 Å². The van der Waals surface area contributed by atoms with E-state index in [4.69, 9.17) is 5.26 Å². The van der Waals surface area contributed by atoms with Gasteiger partial charge in [0.1, 0.15) is 11.9 Å². The molecule has 0 bridgehead atoms. The minimum atomic E-state index is -4.48. The van der Waals surface area contributed by atoms with Crippen molar-refractivity contribution in [1.82, 2.24) is 9.97 Å². The van der Waals surface area contributed by atoms with Crippen molar-refractivity contribution in [2.45, 2.75) is 6.18 Å². The number of nitriles is 1. The van der Waals surface area contributed by atoms with Crippen molar-refractivity contribution in [3.05, 3.63) is 71.9 Å². The van der Waals surface area contributed by atoms with E-state index in [0.717, 1.165) is 6.07 Å². The molecule has 2 aromatic carbocycles. The van der Waals surface area contributed by atoms with E-state index in [1.54, 1.807) is 24.3 Å². The second-order valence-electron chi connectivity index (χ2n) is 5.22. The fourth-order valence-corrected chi connectivity index (χ4v) is 2.28. The van der Waals surface area contributed by atoms with E-state index in [2.05, 4.69) is 20.6 Å². The van der Waals surface area contributed by atoms with Crippen LogP contribution >= 0.6 is 0 Å². The van der Waals surface area contributed by atoms with Gasteiger partial charge in [-0.1, -0.05) is 24.3 Å². The molecule has 8 heteroatoms. The normalized spacial score (nSPS) is 10.8. The molecule has 0 fully saturated rings. The Morgan fingerprint density at radius 1 is 0.885 bits per heavy atom. The van der Waals surface area contributed by atoms with Gasteiger partial charge in [-0.2, -0.15) is 23.4 Å². The average Bonchev–Trinajstić information content (AvgIpc) is 2.62. The minimum absolute atomic E-state index is 0.109. The molecule has 0 saturated heterocycles. The van der Waals surface area contributed by atoms with Gasteiger partial charge in [0.2, 0.25) is 5.95 Å². The molecule has 0 aliphatic rings. The molecule has 0 unspecified atom stereocenters. The summed E-state index contributed by atoms with van der Waals surface area (Å²) >= 11 is 0. The number of nitrogens with zero attached hydrogens (tertiary/aromatic N) is 3. The van der Waals surface area contributed by atoms with Gasteiger partial charge in [0.15, 0.2) is 0 Å². The Morgan fingerprint density at radius 2 is 1.58 bits per heavy atom. The lowest BCUT2D eigenvalue weighted by Crippen LogP contribution is -2.09. The van der Waals surface area contributed by atoms with E-state index in [9.17, 15) is 13.2 Å². The van der Waals surface area contributed by atoms with Gasteiger partial charge in [-0.25, -0.2) is 4.98 Å². The molecule has 0 aliphatic heterocycles. The Hall–Kier alpha value is -3.60. The Balaban J connectivity index is 1.86. The number of nitrogens with one attached hydrogen (secondary N) is 2. The second-order valence-corrected chi connectivity index (χ2v) is 5.22. The highest BCUT2D eigenvalue weighted by Gasteiger charge is 2.33. The predicted molar refractivity (Wildman–Crippen MR) is 91.2 cm³/mol. The van der Waals surface area contributed by atoms with Gasteiger partial charge < -0.3 is 10.6 Å². The maximum Gasteiger partial charge on any atom is 0.418 e. The smallest absolute Gasteiger partial charge is 0.340 e. The summed E-state index contributed by atoms with van der Waals surface area (Å²) in [6, 6.07) is 15.4. The summed E-state index contributed by atoms with van der Waals surface area (Å²) in [6.45, 7) is 0. The lowest BCUT2D eigenvalue weighted by Gasteiger charge is -2.14. The summed E-state index contributed by atoms with van der Waals surface area (Å²) in [7, 11) is 0. The van der Waals surface area contributed by atoms with Gasteiger partial charge in [-0.3, -0.25) is 0 Å². The van der Waals surface area contributed by atoms with Gasteiger partial charge in [0.05, 0.1) is 22.5 Å². The number of aromatic nitrogens is 2. The van der Waals surface area contributed by atoms with Crippen LogP contribution < -0.4 is 10.6 Å². The number of anilines is 4. The molecule has 3 aromatic rings. The van der Waals surface area contributed by atoms with E-state index < -0.39 is 11.7 Å². The van der Waals surface area contributed by atoms with E-state index >= 15 is 0 Å². The highest BCUT2D eigenvalue weighted by atomic mass is 19.4. The number of hydrogen-bond donors (Lipinski definition) is 2. The number of alkyl halides is 3. The Bertz CT molecular complexity index is 963. The number of rotatable bonds is 4. The molecule has 0 aliphatic carbocycles. The molecule has 3 rings (SSSR count). The van der Waals surface area contributed by atoms with Crippen molar-refractivity contribution in [1.29, 1.82) is 5.26 Å². The summed E-state index contributed by atoms with van der Waals surface area (Å²) in [5, 5.41) is 14.6. The van der Waals surface area contributed by atoms with Gasteiger partial charge in [0, 0.05) is 6.20 Å². The summed E-state index contributed by atoms with van der Waals surface area (Å²) in [4.78, 5) is 8.18. The number of para-hydroxylation sites is 2. The van der Waals surface area contributed by atoms with Crippen LogP contribution in [0, 0.1) is 11.3 Å². The van der Waals surface area contributed by atoms with Crippen LogP contribution in [0.2, 0.25) is 0 Å². The molecule has 0 spiro atoms. The first-order valence-electron chi connectivity index (χ1n) is 7.50. The molecule has 26 heavy (non-hydrogen) atoms. The van der Waals surface area contributed by atoms with Gasteiger partial charge >= 0.3 is 6.18 Å².